The molecule has 5 nitrogen and oxygen atoms in total. The van der Waals surface area contributed by atoms with Gasteiger partial charge in [-0.25, -0.2) is 0 Å². The average Bonchev–Trinajstić information content (AvgIpc) is 2.70. The van der Waals surface area contributed by atoms with Gasteiger partial charge in [-0.15, -0.1) is 0 Å². The van der Waals surface area contributed by atoms with Crippen LogP contribution in [0.1, 0.15) is 68.4 Å². The van der Waals surface area contributed by atoms with Crippen molar-refractivity contribution in [3.63, 3.8) is 0 Å². The predicted octanol–water partition coefficient (Wildman–Crippen LogP) is 5.82. The van der Waals surface area contributed by atoms with E-state index in [0.29, 0.717) is 12.3 Å². The highest BCUT2D eigenvalue weighted by Crippen LogP contribution is 2.53. The van der Waals surface area contributed by atoms with Gasteiger partial charge in [0.2, 0.25) is 0 Å². The molecule has 2 aromatic carbocycles. The summed E-state index contributed by atoms with van der Waals surface area (Å²) in [6.07, 6.45) is -0.275. The number of carbonyl (C=O) groups is 1. The van der Waals surface area contributed by atoms with E-state index in [1.54, 1.807) is 0 Å². The van der Waals surface area contributed by atoms with Crippen LogP contribution in [0.5, 0.6) is 11.5 Å². The van der Waals surface area contributed by atoms with E-state index in [0.717, 1.165) is 28.2 Å². The van der Waals surface area contributed by atoms with E-state index >= 15 is 0 Å². The molecule has 2 aliphatic heterocycles. The number of aliphatic carboxylic acids is 1. The van der Waals surface area contributed by atoms with Gasteiger partial charge < -0.3 is 19.3 Å². The maximum Gasteiger partial charge on any atom is 0.309 e. The maximum atomic E-state index is 12.2. The van der Waals surface area contributed by atoms with E-state index < -0.39 is 23.6 Å². The fourth-order valence-corrected chi connectivity index (χ4v) is 5.14. The van der Waals surface area contributed by atoms with Gasteiger partial charge in [-0.2, -0.15) is 0 Å². The first kappa shape index (κ1) is 22.7. The first-order chi connectivity index (χ1) is 15.1. The molecule has 172 valence electrons. The molecular formula is C27H34O5. The third kappa shape index (κ3) is 4.23. The molecule has 0 amide bonds. The van der Waals surface area contributed by atoms with E-state index in [1.807, 2.05) is 26.0 Å². The van der Waals surface area contributed by atoms with Crippen molar-refractivity contribution in [2.45, 2.75) is 71.7 Å². The van der Waals surface area contributed by atoms with Crippen LogP contribution in [0, 0.1) is 25.7 Å². The summed E-state index contributed by atoms with van der Waals surface area (Å²) in [6, 6.07) is 12.2. The lowest BCUT2D eigenvalue weighted by Crippen LogP contribution is -2.53. The van der Waals surface area contributed by atoms with Gasteiger partial charge in [-0.1, -0.05) is 32.0 Å². The number of carboxylic acid groups (broad SMARTS) is 1. The summed E-state index contributed by atoms with van der Waals surface area (Å²) in [4.78, 5) is 12.2. The number of benzene rings is 2. The fraction of sp³-hybridized carbons (Fsp3) is 0.519. The summed E-state index contributed by atoms with van der Waals surface area (Å²) in [7, 11) is 0. The molecular weight excluding hydrogens is 404 g/mol. The molecule has 4 rings (SSSR count). The Morgan fingerprint density at radius 3 is 2.50 bits per heavy atom. The maximum absolute atomic E-state index is 12.2. The molecule has 2 aromatic rings. The van der Waals surface area contributed by atoms with E-state index in [4.69, 9.17) is 14.2 Å². The molecule has 0 spiro atoms. The normalized spacial score (nSPS) is 26.1. The zero-order valence-electron chi connectivity index (χ0n) is 19.8. The van der Waals surface area contributed by atoms with Crippen molar-refractivity contribution in [3.8, 4) is 11.5 Å². The Bertz CT molecular complexity index is 992. The highest BCUT2D eigenvalue weighted by atomic mass is 16.6. The third-order valence-corrected chi connectivity index (χ3v) is 6.97. The van der Waals surface area contributed by atoms with Gasteiger partial charge in [0.25, 0.3) is 0 Å². The molecule has 0 unspecified atom stereocenters. The summed E-state index contributed by atoms with van der Waals surface area (Å²) in [5, 5.41) is 9.97. The van der Waals surface area contributed by atoms with Crippen LogP contribution in [-0.2, 0) is 9.53 Å². The molecule has 32 heavy (non-hydrogen) atoms. The summed E-state index contributed by atoms with van der Waals surface area (Å²) < 4.78 is 18.9. The van der Waals surface area contributed by atoms with Crippen LogP contribution in [0.25, 0.3) is 0 Å². The second kappa shape index (κ2) is 8.43. The van der Waals surface area contributed by atoms with Crippen molar-refractivity contribution in [1.29, 1.82) is 0 Å². The lowest BCUT2D eigenvalue weighted by Gasteiger charge is -2.50. The number of carboxylic acids is 1. The van der Waals surface area contributed by atoms with Crippen LogP contribution in [0.3, 0.4) is 0 Å². The molecule has 5 heteroatoms. The highest BCUT2D eigenvalue weighted by Gasteiger charge is 2.52. The van der Waals surface area contributed by atoms with Gasteiger partial charge in [0, 0.05) is 11.5 Å². The van der Waals surface area contributed by atoms with Gasteiger partial charge in [0.05, 0.1) is 12.0 Å². The molecule has 0 aromatic heterocycles. The number of aryl methyl sites for hydroxylation is 2. The third-order valence-electron chi connectivity index (χ3n) is 6.97. The molecule has 0 saturated carbocycles. The number of fused-ring (bicyclic) bond motifs is 3. The number of hydrogen-bond acceptors (Lipinski definition) is 4. The van der Waals surface area contributed by atoms with Crippen LogP contribution in [0.2, 0.25) is 0 Å². The average molecular weight is 439 g/mol. The SMILES string of the molecule is Cc1cc(C)c2c(c1)OC(C)(C)[C@H]1C[C@H](C(=O)O)[C@H](COc3ccc(C(C)C)cc3)O[C@H]21. The van der Waals surface area contributed by atoms with Crippen molar-refractivity contribution in [1.82, 2.24) is 0 Å². The molecule has 0 radical (unpaired) electrons. The van der Waals surface area contributed by atoms with Crippen molar-refractivity contribution in [3.05, 3.63) is 58.7 Å². The Labute approximate surface area is 190 Å². The quantitative estimate of drug-likeness (QED) is 0.637. The van der Waals surface area contributed by atoms with Crippen molar-refractivity contribution in [2.24, 2.45) is 11.8 Å². The molecule has 1 saturated heterocycles. The Morgan fingerprint density at radius 1 is 1.19 bits per heavy atom. The molecule has 1 fully saturated rings. The number of ether oxygens (including phenoxy) is 3. The lowest BCUT2D eigenvalue weighted by molar-refractivity contribution is -0.192. The predicted molar refractivity (Wildman–Crippen MR) is 123 cm³/mol. The van der Waals surface area contributed by atoms with Gasteiger partial charge >= 0.3 is 5.97 Å². The summed E-state index contributed by atoms with van der Waals surface area (Å²) in [5.41, 5.74) is 4.01. The first-order valence-electron chi connectivity index (χ1n) is 11.5. The molecule has 1 N–H and O–H groups in total. The number of hydrogen-bond donors (Lipinski definition) is 1. The van der Waals surface area contributed by atoms with Crippen LogP contribution >= 0.6 is 0 Å². The second-order valence-electron chi connectivity index (χ2n) is 10.1. The lowest BCUT2D eigenvalue weighted by atomic mass is 9.71. The van der Waals surface area contributed by atoms with E-state index in [9.17, 15) is 9.90 Å². The summed E-state index contributed by atoms with van der Waals surface area (Å²) in [5.74, 6) is 0.452. The van der Waals surface area contributed by atoms with Crippen molar-refractivity contribution < 1.29 is 24.1 Å². The highest BCUT2D eigenvalue weighted by molar-refractivity contribution is 5.71. The molecule has 2 heterocycles. The Hall–Kier alpha value is -2.53. The van der Waals surface area contributed by atoms with Gasteiger partial charge in [-0.05, 0) is 74.9 Å². The first-order valence-corrected chi connectivity index (χ1v) is 11.5. The standard InChI is InChI=1S/C27H34O5/c1-15(2)18-7-9-19(10-8-18)30-14-23-20(26(28)29)13-21-25(31-23)24-17(4)11-16(3)12-22(24)32-27(21,5)6/h7-12,15,20-21,23,25H,13-14H2,1-6H3,(H,28,29)/t20-,21-,23-,25-/m0/s1. The van der Waals surface area contributed by atoms with Gasteiger partial charge in [-0.3, -0.25) is 4.79 Å². The fourth-order valence-electron chi connectivity index (χ4n) is 5.14. The minimum Gasteiger partial charge on any atom is -0.491 e. The zero-order chi connectivity index (χ0) is 23.2. The zero-order valence-corrected chi connectivity index (χ0v) is 19.8. The van der Waals surface area contributed by atoms with Gasteiger partial charge in [0.15, 0.2) is 0 Å². The topological polar surface area (TPSA) is 65.0 Å². The minimum atomic E-state index is -0.852. The summed E-state index contributed by atoms with van der Waals surface area (Å²) in [6.45, 7) is 12.7. The summed E-state index contributed by atoms with van der Waals surface area (Å²) >= 11 is 0. The van der Waals surface area contributed by atoms with Crippen LogP contribution in [0.15, 0.2) is 36.4 Å². The smallest absolute Gasteiger partial charge is 0.309 e. The largest absolute Gasteiger partial charge is 0.491 e. The van der Waals surface area contributed by atoms with Crippen molar-refractivity contribution >= 4 is 5.97 Å². The molecule has 4 atom stereocenters. The van der Waals surface area contributed by atoms with Crippen molar-refractivity contribution in [2.75, 3.05) is 6.61 Å². The Balaban J connectivity index is 1.60. The molecule has 2 aliphatic rings. The van der Waals surface area contributed by atoms with E-state index in [-0.39, 0.29) is 18.6 Å². The molecule has 0 bridgehead atoms. The van der Waals surface area contributed by atoms with E-state index in [1.165, 1.54) is 5.56 Å². The van der Waals surface area contributed by atoms with Gasteiger partial charge in [0.1, 0.15) is 29.8 Å². The number of rotatable bonds is 5. The van der Waals surface area contributed by atoms with Crippen LogP contribution in [0.4, 0.5) is 0 Å². The molecule has 0 aliphatic carbocycles. The second-order valence-corrected chi connectivity index (χ2v) is 10.1. The minimum absolute atomic E-state index is 0.0564. The Kier molecular flexibility index (Phi) is 5.97. The van der Waals surface area contributed by atoms with Crippen LogP contribution in [-0.4, -0.2) is 29.4 Å². The Morgan fingerprint density at radius 2 is 1.88 bits per heavy atom. The van der Waals surface area contributed by atoms with E-state index in [2.05, 4.69) is 52.0 Å². The van der Waals surface area contributed by atoms with Crippen LogP contribution < -0.4 is 9.47 Å². The monoisotopic (exact) mass is 438 g/mol.